The third-order valence-electron chi connectivity index (χ3n) is 5.77. The van der Waals surface area contributed by atoms with E-state index in [1.807, 2.05) is 41.3 Å². The van der Waals surface area contributed by atoms with Gasteiger partial charge in [-0.15, -0.1) is 11.8 Å². The molecule has 2 aliphatic heterocycles. The van der Waals surface area contributed by atoms with Crippen LogP contribution in [0.3, 0.4) is 0 Å². The molecule has 2 amide bonds. The number of carbonyl (C=O) groups excluding carboxylic acids is 2. The van der Waals surface area contributed by atoms with E-state index in [4.69, 9.17) is 9.47 Å². The highest BCUT2D eigenvalue weighted by atomic mass is 32.2. The van der Waals surface area contributed by atoms with E-state index in [1.165, 1.54) is 5.56 Å². The number of ether oxygens (including phenoxy) is 2. The van der Waals surface area contributed by atoms with Crippen LogP contribution < -0.4 is 19.7 Å². The molecule has 6 nitrogen and oxygen atoms in total. The van der Waals surface area contributed by atoms with Crippen molar-refractivity contribution in [3.63, 3.8) is 0 Å². The van der Waals surface area contributed by atoms with E-state index in [-0.39, 0.29) is 24.0 Å². The zero-order valence-electron chi connectivity index (χ0n) is 18.4. The van der Waals surface area contributed by atoms with E-state index < -0.39 is 0 Å². The predicted molar refractivity (Wildman–Crippen MR) is 130 cm³/mol. The summed E-state index contributed by atoms with van der Waals surface area (Å²) in [6.07, 6.45) is 0. The fraction of sp³-hybridized carbons (Fsp3) is 0.231. The highest BCUT2D eigenvalue weighted by Crippen LogP contribution is 2.42. The first-order chi connectivity index (χ1) is 16.0. The maximum absolute atomic E-state index is 12.8. The Balaban J connectivity index is 1.36. The normalized spacial score (nSPS) is 17.0. The molecule has 0 saturated carbocycles. The van der Waals surface area contributed by atoms with Gasteiger partial charge in [-0.2, -0.15) is 0 Å². The Morgan fingerprint density at radius 1 is 1.03 bits per heavy atom. The van der Waals surface area contributed by atoms with Crippen LogP contribution in [0.2, 0.25) is 0 Å². The van der Waals surface area contributed by atoms with Gasteiger partial charge >= 0.3 is 0 Å². The number of hydrogen-bond donors (Lipinski definition) is 1. The molecular formula is C26H24N2O4S. The molecule has 0 bridgehead atoms. The molecule has 0 aromatic heterocycles. The van der Waals surface area contributed by atoms with Crippen molar-refractivity contribution in [1.82, 2.24) is 0 Å². The van der Waals surface area contributed by atoms with E-state index in [0.717, 1.165) is 11.3 Å². The van der Waals surface area contributed by atoms with Crippen molar-refractivity contribution in [2.45, 2.75) is 25.1 Å². The molecule has 3 aromatic rings. The van der Waals surface area contributed by atoms with E-state index in [0.29, 0.717) is 34.4 Å². The highest BCUT2D eigenvalue weighted by Gasteiger charge is 2.34. The molecule has 0 aliphatic carbocycles. The van der Waals surface area contributed by atoms with E-state index in [9.17, 15) is 9.59 Å². The van der Waals surface area contributed by atoms with Crippen molar-refractivity contribution in [2.24, 2.45) is 0 Å². The zero-order valence-corrected chi connectivity index (χ0v) is 19.2. The Kier molecular flexibility index (Phi) is 5.72. The molecule has 33 heavy (non-hydrogen) atoms. The van der Waals surface area contributed by atoms with Crippen molar-refractivity contribution in [3.8, 4) is 11.5 Å². The second-order valence-corrected chi connectivity index (χ2v) is 9.39. The second kappa shape index (κ2) is 8.83. The summed E-state index contributed by atoms with van der Waals surface area (Å²) in [4.78, 5) is 27.4. The second-order valence-electron chi connectivity index (χ2n) is 8.32. The molecule has 1 N–H and O–H groups in total. The van der Waals surface area contributed by atoms with Gasteiger partial charge in [-0.05, 0) is 59.5 Å². The Morgan fingerprint density at radius 2 is 1.82 bits per heavy atom. The first kappa shape index (κ1) is 21.4. The van der Waals surface area contributed by atoms with Gasteiger partial charge in [-0.1, -0.05) is 38.1 Å². The topological polar surface area (TPSA) is 67.9 Å². The van der Waals surface area contributed by atoms with Crippen molar-refractivity contribution < 1.29 is 19.1 Å². The number of nitrogens with one attached hydrogen (secondary N) is 1. The van der Waals surface area contributed by atoms with Crippen LogP contribution in [0.15, 0.2) is 66.7 Å². The lowest BCUT2D eigenvalue weighted by molar-refractivity contribution is -0.115. The molecule has 5 rings (SSSR count). The standard InChI is InChI=1S/C26H24N2O4S/c1-16(2)17-6-9-21(10-7-17)28-24(29)14-33-26(28)19-4-3-5-20(12-19)27-25(30)18-8-11-22-23(13-18)32-15-31-22/h3-13,16,26H,14-15H2,1-2H3,(H,27,30)/t26-/m0/s1. The summed E-state index contributed by atoms with van der Waals surface area (Å²) >= 11 is 1.59. The van der Waals surface area contributed by atoms with Crippen LogP contribution in [-0.4, -0.2) is 24.4 Å². The maximum atomic E-state index is 12.8. The Morgan fingerprint density at radius 3 is 2.61 bits per heavy atom. The van der Waals surface area contributed by atoms with Crippen molar-refractivity contribution >= 4 is 35.0 Å². The molecule has 1 saturated heterocycles. The van der Waals surface area contributed by atoms with E-state index >= 15 is 0 Å². The molecule has 1 fully saturated rings. The largest absolute Gasteiger partial charge is 0.454 e. The van der Waals surface area contributed by atoms with Gasteiger partial charge in [0, 0.05) is 16.9 Å². The molecule has 0 unspecified atom stereocenters. The fourth-order valence-corrected chi connectivity index (χ4v) is 5.15. The minimum atomic E-state index is -0.235. The zero-order chi connectivity index (χ0) is 22.9. The number of hydrogen-bond acceptors (Lipinski definition) is 5. The van der Waals surface area contributed by atoms with Crippen LogP contribution in [0.1, 0.15) is 46.6 Å². The summed E-state index contributed by atoms with van der Waals surface area (Å²) in [6, 6.07) is 21.0. The Labute approximate surface area is 196 Å². The molecular weight excluding hydrogens is 436 g/mol. The van der Waals surface area contributed by atoms with Crippen LogP contribution in [0, 0.1) is 0 Å². The van der Waals surface area contributed by atoms with Crippen LogP contribution in [0.4, 0.5) is 11.4 Å². The van der Waals surface area contributed by atoms with Crippen LogP contribution in [0.5, 0.6) is 11.5 Å². The van der Waals surface area contributed by atoms with Crippen LogP contribution in [0.25, 0.3) is 0 Å². The third kappa shape index (κ3) is 4.28. The average Bonchev–Trinajstić information content (AvgIpc) is 3.45. The number of fused-ring (bicyclic) bond motifs is 1. The van der Waals surface area contributed by atoms with Gasteiger partial charge in [0.2, 0.25) is 12.7 Å². The molecule has 168 valence electrons. The number of nitrogens with zero attached hydrogens (tertiary/aromatic N) is 1. The maximum Gasteiger partial charge on any atom is 0.255 e. The smallest absolute Gasteiger partial charge is 0.255 e. The summed E-state index contributed by atoms with van der Waals surface area (Å²) in [7, 11) is 0. The monoisotopic (exact) mass is 460 g/mol. The number of rotatable bonds is 5. The Bertz CT molecular complexity index is 1210. The average molecular weight is 461 g/mol. The Hall–Kier alpha value is -3.45. The van der Waals surface area contributed by atoms with Gasteiger partial charge in [0.15, 0.2) is 11.5 Å². The lowest BCUT2D eigenvalue weighted by Crippen LogP contribution is -2.27. The van der Waals surface area contributed by atoms with Crippen molar-refractivity contribution in [1.29, 1.82) is 0 Å². The van der Waals surface area contributed by atoms with Gasteiger partial charge in [0.05, 0.1) is 5.75 Å². The van der Waals surface area contributed by atoms with Crippen LogP contribution >= 0.6 is 11.8 Å². The SMILES string of the molecule is CC(C)c1ccc(N2C(=O)CS[C@H]2c2cccc(NC(=O)c3ccc4c(c3)OCO4)c2)cc1. The molecule has 2 heterocycles. The van der Waals surface area contributed by atoms with Gasteiger partial charge in [0.25, 0.3) is 5.91 Å². The number of benzene rings is 3. The summed E-state index contributed by atoms with van der Waals surface area (Å²) in [5.74, 6) is 1.90. The van der Waals surface area contributed by atoms with Crippen molar-refractivity contribution in [3.05, 3.63) is 83.4 Å². The number of carbonyl (C=O) groups is 2. The first-order valence-corrected chi connectivity index (χ1v) is 11.9. The van der Waals surface area contributed by atoms with Gasteiger partial charge in [-0.3, -0.25) is 14.5 Å². The van der Waals surface area contributed by atoms with Gasteiger partial charge in [0.1, 0.15) is 5.37 Å². The summed E-state index contributed by atoms with van der Waals surface area (Å²) in [6.45, 7) is 4.47. The van der Waals surface area contributed by atoms with Crippen LogP contribution in [-0.2, 0) is 4.79 Å². The minimum absolute atomic E-state index is 0.0806. The number of thioether (sulfide) groups is 1. The highest BCUT2D eigenvalue weighted by molar-refractivity contribution is 8.00. The molecule has 7 heteroatoms. The number of anilines is 2. The quantitative estimate of drug-likeness (QED) is 0.539. The molecule has 0 radical (unpaired) electrons. The van der Waals surface area contributed by atoms with E-state index in [1.54, 1.807) is 30.0 Å². The predicted octanol–water partition coefficient (Wildman–Crippen LogP) is 5.57. The fourth-order valence-electron chi connectivity index (χ4n) is 3.98. The minimum Gasteiger partial charge on any atom is -0.454 e. The molecule has 1 atom stereocenters. The lowest BCUT2D eigenvalue weighted by atomic mass is 10.0. The third-order valence-corrected chi connectivity index (χ3v) is 6.98. The molecule has 0 spiro atoms. The van der Waals surface area contributed by atoms with Crippen molar-refractivity contribution in [2.75, 3.05) is 22.8 Å². The van der Waals surface area contributed by atoms with Gasteiger partial charge in [-0.25, -0.2) is 0 Å². The summed E-state index contributed by atoms with van der Waals surface area (Å²) in [5, 5.41) is 2.80. The van der Waals surface area contributed by atoms with Gasteiger partial charge < -0.3 is 14.8 Å². The molecule has 3 aromatic carbocycles. The lowest BCUT2D eigenvalue weighted by Gasteiger charge is -2.25. The first-order valence-electron chi connectivity index (χ1n) is 10.8. The van der Waals surface area contributed by atoms with E-state index in [2.05, 4.69) is 31.3 Å². The summed E-state index contributed by atoms with van der Waals surface area (Å²) in [5.41, 5.74) is 4.24. The summed E-state index contributed by atoms with van der Waals surface area (Å²) < 4.78 is 10.7. The number of amides is 2. The molecule has 2 aliphatic rings.